The van der Waals surface area contributed by atoms with Gasteiger partial charge in [0.25, 0.3) is 0 Å². The summed E-state index contributed by atoms with van der Waals surface area (Å²) in [6.07, 6.45) is 1.16. The number of rotatable bonds is 6. The van der Waals surface area contributed by atoms with Gasteiger partial charge in [0.15, 0.2) is 0 Å². The number of amides is 1. The highest BCUT2D eigenvalue weighted by Crippen LogP contribution is 2.18. The first kappa shape index (κ1) is 16.4. The Morgan fingerprint density at radius 2 is 1.95 bits per heavy atom. The SMILES string of the molecule is COc1cccc(CCC(=O)N(C)Cc2ccccc2Cl)c1. The average Bonchev–Trinajstić information content (AvgIpc) is 2.54. The molecule has 0 aliphatic rings. The highest BCUT2D eigenvalue weighted by atomic mass is 35.5. The molecule has 2 rings (SSSR count). The number of methoxy groups -OCH3 is 1. The molecule has 0 aliphatic carbocycles. The molecule has 4 heteroatoms. The summed E-state index contributed by atoms with van der Waals surface area (Å²) in [6.45, 7) is 0.524. The maximum absolute atomic E-state index is 12.2. The molecular formula is C18H20ClNO2. The van der Waals surface area contributed by atoms with E-state index in [-0.39, 0.29) is 5.91 Å². The Morgan fingerprint density at radius 1 is 1.18 bits per heavy atom. The second kappa shape index (κ2) is 7.85. The number of carbonyl (C=O) groups excluding carboxylic acids is 1. The van der Waals surface area contributed by atoms with Crippen LogP contribution in [0.4, 0.5) is 0 Å². The second-order valence-electron chi connectivity index (χ2n) is 5.19. The Kier molecular flexibility index (Phi) is 5.84. The first-order valence-electron chi connectivity index (χ1n) is 7.20. The lowest BCUT2D eigenvalue weighted by molar-refractivity contribution is -0.130. The van der Waals surface area contributed by atoms with Crippen LogP contribution in [0, 0.1) is 0 Å². The van der Waals surface area contributed by atoms with Crippen LogP contribution in [0.25, 0.3) is 0 Å². The maximum atomic E-state index is 12.2. The van der Waals surface area contributed by atoms with Crippen LogP contribution in [0.1, 0.15) is 17.5 Å². The van der Waals surface area contributed by atoms with Crippen molar-refractivity contribution in [3.63, 3.8) is 0 Å². The van der Waals surface area contributed by atoms with E-state index in [1.807, 2.05) is 48.5 Å². The third-order valence-corrected chi connectivity index (χ3v) is 3.92. The number of hydrogen-bond acceptors (Lipinski definition) is 2. The van der Waals surface area contributed by atoms with E-state index in [4.69, 9.17) is 16.3 Å². The molecule has 0 N–H and O–H groups in total. The van der Waals surface area contributed by atoms with Crippen LogP contribution in [0.2, 0.25) is 5.02 Å². The fraction of sp³-hybridized carbons (Fsp3) is 0.278. The van der Waals surface area contributed by atoms with E-state index in [9.17, 15) is 4.79 Å². The molecule has 0 spiro atoms. The quantitative estimate of drug-likeness (QED) is 0.807. The van der Waals surface area contributed by atoms with Gasteiger partial charge in [0.2, 0.25) is 5.91 Å². The Hall–Kier alpha value is -2.00. The molecule has 0 radical (unpaired) electrons. The molecule has 1 amide bonds. The Labute approximate surface area is 136 Å². The van der Waals surface area contributed by atoms with Crippen molar-refractivity contribution in [1.29, 1.82) is 0 Å². The topological polar surface area (TPSA) is 29.5 Å². The highest BCUT2D eigenvalue weighted by molar-refractivity contribution is 6.31. The summed E-state index contributed by atoms with van der Waals surface area (Å²) >= 11 is 6.13. The van der Waals surface area contributed by atoms with Crippen molar-refractivity contribution in [3.05, 3.63) is 64.7 Å². The average molecular weight is 318 g/mol. The van der Waals surface area contributed by atoms with Gasteiger partial charge in [0.1, 0.15) is 5.75 Å². The Bertz CT molecular complexity index is 642. The predicted octanol–water partition coefficient (Wildman–Crippen LogP) is 3.94. The third-order valence-electron chi connectivity index (χ3n) is 3.55. The van der Waals surface area contributed by atoms with Gasteiger partial charge in [0, 0.05) is 25.0 Å². The van der Waals surface area contributed by atoms with Crippen molar-refractivity contribution in [2.45, 2.75) is 19.4 Å². The van der Waals surface area contributed by atoms with Crippen molar-refractivity contribution in [2.24, 2.45) is 0 Å². The minimum Gasteiger partial charge on any atom is -0.497 e. The second-order valence-corrected chi connectivity index (χ2v) is 5.60. The van der Waals surface area contributed by atoms with Crippen LogP contribution in [-0.2, 0) is 17.8 Å². The molecule has 0 unspecified atom stereocenters. The van der Waals surface area contributed by atoms with Crippen LogP contribution in [0.3, 0.4) is 0 Å². The summed E-state index contributed by atoms with van der Waals surface area (Å²) < 4.78 is 5.19. The number of carbonyl (C=O) groups is 1. The first-order chi connectivity index (χ1) is 10.6. The zero-order valence-corrected chi connectivity index (χ0v) is 13.6. The summed E-state index contributed by atoms with van der Waals surface area (Å²) in [7, 11) is 3.44. The molecule has 0 aromatic heterocycles. The van der Waals surface area contributed by atoms with Gasteiger partial charge in [-0.3, -0.25) is 4.79 Å². The van der Waals surface area contributed by atoms with Gasteiger partial charge in [-0.25, -0.2) is 0 Å². The minimum atomic E-state index is 0.0998. The molecule has 3 nitrogen and oxygen atoms in total. The molecule has 0 bridgehead atoms. The molecule has 116 valence electrons. The summed E-state index contributed by atoms with van der Waals surface area (Å²) in [5, 5.41) is 0.690. The maximum Gasteiger partial charge on any atom is 0.222 e. The highest BCUT2D eigenvalue weighted by Gasteiger charge is 2.11. The van der Waals surface area contributed by atoms with Crippen LogP contribution in [0.5, 0.6) is 5.75 Å². The molecule has 0 saturated heterocycles. The van der Waals surface area contributed by atoms with E-state index in [0.29, 0.717) is 24.4 Å². The summed E-state index contributed by atoms with van der Waals surface area (Å²) in [6, 6.07) is 15.4. The van der Waals surface area contributed by atoms with Crippen LogP contribution < -0.4 is 4.74 Å². The lowest BCUT2D eigenvalue weighted by atomic mass is 10.1. The molecule has 0 aliphatic heterocycles. The lowest BCUT2D eigenvalue weighted by Crippen LogP contribution is -2.26. The summed E-state index contributed by atoms with van der Waals surface area (Å²) in [4.78, 5) is 13.9. The van der Waals surface area contributed by atoms with Gasteiger partial charge >= 0.3 is 0 Å². The normalized spacial score (nSPS) is 10.3. The smallest absolute Gasteiger partial charge is 0.222 e. The fourth-order valence-corrected chi connectivity index (χ4v) is 2.44. The standard InChI is InChI=1S/C18H20ClNO2/c1-20(13-15-7-3-4-9-17(15)19)18(21)11-10-14-6-5-8-16(12-14)22-2/h3-9,12H,10-11,13H2,1-2H3. The van der Waals surface area contributed by atoms with E-state index in [0.717, 1.165) is 16.9 Å². The van der Waals surface area contributed by atoms with Crippen LogP contribution in [0.15, 0.2) is 48.5 Å². The zero-order valence-electron chi connectivity index (χ0n) is 12.9. The van der Waals surface area contributed by atoms with Crippen LogP contribution in [-0.4, -0.2) is 25.0 Å². The molecular weight excluding hydrogens is 298 g/mol. The Morgan fingerprint density at radius 3 is 2.68 bits per heavy atom. The van der Waals surface area contributed by atoms with E-state index in [2.05, 4.69) is 0 Å². The van der Waals surface area contributed by atoms with Crippen molar-refractivity contribution in [1.82, 2.24) is 4.90 Å². The van der Waals surface area contributed by atoms with Gasteiger partial charge in [-0.05, 0) is 35.7 Å². The Balaban J connectivity index is 1.90. The van der Waals surface area contributed by atoms with Crippen molar-refractivity contribution in [2.75, 3.05) is 14.2 Å². The number of benzene rings is 2. The molecule has 0 saturated carbocycles. The van der Waals surface area contributed by atoms with Crippen molar-refractivity contribution < 1.29 is 9.53 Å². The van der Waals surface area contributed by atoms with Crippen molar-refractivity contribution in [3.8, 4) is 5.75 Å². The van der Waals surface area contributed by atoms with E-state index < -0.39 is 0 Å². The molecule has 0 atom stereocenters. The predicted molar refractivity (Wildman–Crippen MR) is 89.2 cm³/mol. The van der Waals surface area contributed by atoms with Crippen LogP contribution >= 0.6 is 11.6 Å². The molecule has 2 aromatic rings. The van der Waals surface area contributed by atoms with E-state index in [1.165, 1.54) is 0 Å². The number of aryl methyl sites for hydroxylation is 1. The fourth-order valence-electron chi connectivity index (χ4n) is 2.24. The van der Waals surface area contributed by atoms with E-state index >= 15 is 0 Å². The van der Waals surface area contributed by atoms with Gasteiger partial charge in [0.05, 0.1) is 7.11 Å². The zero-order chi connectivity index (χ0) is 15.9. The van der Waals surface area contributed by atoms with E-state index in [1.54, 1.807) is 19.1 Å². The minimum absolute atomic E-state index is 0.0998. The molecule has 22 heavy (non-hydrogen) atoms. The third kappa shape index (κ3) is 4.50. The molecule has 0 heterocycles. The largest absolute Gasteiger partial charge is 0.497 e. The van der Waals surface area contributed by atoms with Gasteiger partial charge < -0.3 is 9.64 Å². The summed E-state index contributed by atoms with van der Waals surface area (Å²) in [5.41, 5.74) is 2.06. The summed E-state index contributed by atoms with van der Waals surface area (Å²) in [5.74, 6) is 0.914. The first-order valence-corrected chi connectivity index (χ1v) is 7.58. The number of ether oxygens (including phenoxy) is 1. The number of hydrogen-bond donors (Lipinski definition) is 0. The van der Waals surface area contributed by atoms with Crippen molar-refractivity contribution >= 4 is 17.5 Å². The van der Waals surface area contributed by atoms with Gasteiger partial charge in [-0.15, -0.1) is 0 Å². The lowest BCUT2D eigenvalue weighted by Gasteiger charge is -2.18. The van der Waals surface area contributed by atoms with Gasteiger partial charge in [-0.1, -0.05) is 41.9 Å². The monoisotopic (exact) mass is 317 g/mol. The number of halogens is 1. The van der Waals surface area contributed by atoms with Gasteiger partial charge in [-0.2, -0.15) is 0 Å². The molecule has 0 fully saturated rings. The molecule has 2 aromatic carbocycles. The number of nitrogens with zero attached hydrogens (tertiary/aromatic N) is 1.